The van der Waals surface area contributed by atoms with Crippen molar-refractivity contribution < 1.29 is 4.79 Å². The highest BCUT2D eigenvalue weighted by Gasteiger charge is 2.06. The highest BCUT2D eigenvalue weighted by molar-refractivity contribution is 7.09. The third-order valence-electron chi connectivity index (χ3n) is 2.29. The molecule has 0 fully saturated rings. The molecule has 0 saturated carbocycles. The van der Waals surface area contributed by atoms with Gasteiger partial charge in [-0.1, -0.05) is 0 Å². The molecule has 0 saturated heterocycles. The number of hydrogen-bond donors (Lipinski definition) is 3. The number of nitrogens with one attached hydrogen (secondary N) is 1. The lowest BCUT2D eigenvalue weighted by molar-refractivity contribution is 0.0996. The zero-order valence-corrected chi connectivity index (χ0v) is 10.4. The summed E-state index contributed by atoms with van der Waals surface area (Å²) >= 11 is 1.59. The Morgan fingerprint density at radius 1 is 1.44 bits per heavy atom. The van der Waals surface area contributed by atoms with E-state index in [-0.39, 0.29) is 5.69 Å². The average Bonchev–Trinajstić information content (AvgIpc) is 2.84. The minimum absolute atomic E-state index is 0.195. The number of nitrogens with zero attached hydrogens (tertiary/aromatic N) is 2. The molecule has 0 aromatic carbocycles. The Kier molecular flexibility index (Phi) is 3.73. The SMILES string of the molecule is NC(=O)c1ccc(N)c(NCCc2nccs2)n1. The normalized spacial score (nSPS) is 10.2. The number of nitrogens with two attached hydrogens (primary N) is 2. The van der Waals surface area contributed by atoms with Crippen molar-refractivity contribution in [2.24, 2.45) is 5.73 Å². The van der Waals surface area contributed by atoms with Gasteiger partial charge in [0, 0.05) is 24.5 Å². The third-order valence-corrected chi connectivity index (χ3v) is 3.13. The van der Waals surface area contributed by atoms with E-state index in [0.717, 1.165) is 11.4 Å². The molecule has 5 N–H and O–H groups in total. The highest BCUT2D eigenvalue weighted by Crippen LogP contribution is 2.15. The molecule has 2 aromatic rings. The summed E-state index contributed by atoms with van der Waals surface area (Å²) in [6, 6.07) is 3.11. The smallest absolute Gasteiger partial charge is 0.267 e. The van der Waals surface area contributed by atoms with Gasteiger partial charge in [-0.05, 0) is 12.1 Å². The molecule has 0 atom stereocenters. The second kappa shape index (κ2) is 5.46. The van der Waals surface area contributed by atoms with E-state index in [9.17, 15) is 4.79 Å². The van der Waals surface area contributed by atoms with E-state index in [1.54, 1.807) is 23.6 Å². The van der Waals surface area contributed by atoms with E-state index in [0.29, 0.717) is 18.1 Å². The van der Waals surface area contributed by atoms with Gasteiger partial charge in [-0.25, -0.2) is 9.97 Å². The van der Waals surface area contributed by atoms with Gasteiger partial charge in [0.05, 0.1) is 10.7 Å². The van der Waals surface area contributed by atoms with Crippen LogP contribution in [0.25, 0.3) is 0 Å². The lowest BCUT2D eigenvalue weighted by Crippen LogP contribution is -2.16. The van der Waals surface area contributed by atoms with Gasteiger partial charge in [0.15, 0.2) is 0 Å². The Hall–Kier alpha value is -2.15. The first kappa shape index (κ1) is 12.3. The molecule has 94 valence electrons. The van der Waals surface area contributed by atoms with E-state index in [2.05, 4.69) is 15.3 Å². The first-order chi connectivity index (χ1) is 8.66. The number of amides is 1. The lowest BCUT2D eigenvalue weighted by atomic mass is 10.3. The summed E-state index contributed by atoms with van der Waals surface area (Å²) < 4.78 is 0. The first-order valence-corrected chi connectivity index (χ1v) is 6.23. The zero-order chi connectivity index (χ0) is 13.0. The molecule has 0 radical (unpaired) electrons. The molecule has 2 aromatic heterocycles. The van der Waals surface area contributed by atoms with Crippen molar-refractivity contribution >= 4 is 28.7 Å². The summed E-state index contributed by atoms with van der Waals surface area (Å²) in [6.45, 7) is 0.646. The fraction of sp³-hybridized carbons (Fsp3) is 0.182. The van der Waals surface area contributed by atoms with Gasteiger partial charge < -0.3 is 16.8 Å². The number of rotatable bonds is 5. The average molecular weight is 263 g/mol. The maximum Gasteiger partial charge on any atom is 0.267 e. The van der Waals surface area contributed by atoms with Gasteiger partial charge in [0.25, 0.3) is 5.91 Å². The van der Waals surface area contributed by atoms with Crippen LogP contribution >= 0.6 is 11.3 Å². The molecule has 0 aliphatic heterocycles. The number of carbonyl (C=O) groups excluding carboxylic acids is 1. The molecular weight excluding hydrogens is 250 g/mol. The third kappa shape index (κ3) is 2.95. The second-order valence-corrected chi connectivity index (χ2v) is 4.58. The minimum Gasteiger partial charge on any atom is -0.396 e. The summed E-state index contributed by atoms with van der Waals surface area (Å²) in [7, 11) is 0. The van der Waals surface area contributed by atoms with Crippen molar-refractivity contribution in [2.75, 3.05) is 17.6 Å². The number of anilines is 2. The summed E-state index contributed by atoms with van der Waals surface area (Å²) in [4.78, 5) is 19.2. The second-order valence-electron chi connectivity index (χ2n) is 3.60. The molecule has 0 aliphatic carbocycles. The molecule has 6 nitrogen and oxygen atoms in total. The van der Waals surface area contributed by atoms with Crippen LogP contribution in [0, 0.1) is 0 Å². The number of aromatic nitrogens is 2. The van der Waals surface area contributed by atoms with Crippen LogP contribution in [0.5, 0.6) is 0 Å². The number of pyridine rings is 1. The van der Waals surface area contributed by atoms with Crippen LogP contribution < -0.4 is 16.8 Å². The molecule has 0 aliphatic rings. The highest BCUT2D eigenvalue weighted by atomic mass is 32.1. The summed E-state index contributed by atoms with van der Waals surface area (Å²) in [5, 5.41) is 6.03. The summed E-state index contributed by atoms with van der Waals surface area (Å²) in [5.41, 5.74) is 11.6. The van der Waals surface area contributed by atoms with Gasteiger partial charge in [-0.2, -0.15) is 0 Å². The van der Waals surface area contributed by atoms with Crippen molar-refractivity contribution in [1.29, 1.82) is 0 Å². The van der Waals surface area contributed by atoms with Crippen molar-refractivity contribution in [3.63, 3.8) is 0 Å². The number of primary amides is 1. The maximum absolute atomic E-state index is 11.0. The molecule has 2 heterocycles. The Morgan fingerprint density at radius 2 is 2.28 bits per heavy atom. The first-order valence-electron chi connectivity index (χ1n) is 5.35. The van der Waals surface area contributed by atoms with Crippen LogP contribution in [-0.2, 0) is 6.42 Å². The van der Waals surface area contributed by atoms with Crippen LogP contribution in [0.3, 0.4) is 0 Å². The minimum atomic E-state index is -0.571. The van der Waals surface area contributed by atoms with Gasteiger partial charge in [0.2, 0.25) is 0 Å². The predicted molar refractivity (Wildman–Crippen MR) is 71.5 cm³/mol. The number of thiazole rings is 1. The molecule has 0 spiro atoms. The van der Waals surface area contributed by atoms with Crippen molar-refractivity contribution in [2.45, 2.75) is 6.42 Å². The van der Waals surface area contributed by atoms with E-state index < -0.39 is 5.91 Å². The van der Waals surface area contributed by atoms with Crippen molar-refractivity contribution in [3.05, 3.63) is 34.4 Å². The van der Waals surface area contributed by atoms with Crippen molar-refractivity contribution in [1.82, 2.24) is 9.97 Å². The maximum atomic E-state index is 11.0. The van der Waals surface area contributed by atoms with Crippen molar-refractivity contribution in [3.8, 4) is 0 Å². The lowest BCUT2D eigenvalue weighted by Gasteiger charge is -2.08. The Balaban J connectivity index is 2.00. The van der Waals surface area contributed by atoms with Crippen LogP contribution in [-0.4, -0.2) is 22.4 Å². The topological polar surface area (TPSA) is 107 Å². The van der Waals surface area contributed by atoms with E-state index in [4.69, 9.17) is 11.5 Å². The van der Waals surface area contributed by atoms with Gasteiger partial charge in [0.1, 0.15) is 11.5 Å². The van der Waals surface area contributed by atoms with Crippen LogP contribution in [0.15, 0.2) is 23.7 Å². The van der Waals surface area contributed by atoms with Gasteiger partial charge in [-0.15, -0.1) is 11.3 Å². The molecule has 0 unspecified atom stereocenters. The molecule has 1 amide bonds. The molecular formula is C11H13N5OS. The van der Waals surface area contributed by atoms with E-state index >= 15 is 0 Å². The Bertz CT molecular complexity index is 540. The van der Waals surface area contributed by atoms with Crippen LogP contribution in [0.2, 0.25) is 0 Å². The predicted octanol–water partition coefficient (Wildman–Crippen LogP) is 0.874. The van der Waals surface area contributed by atoms with Crippen LogP contribution in [0.4, 0.5) is 11.5 Å². The fourth-order valence-corrected chi connectivity index (χ4v) is 2.03. The molecule has 7 heteroatoms. The molecule has 0 bridgehead atoms. The molecule has 18 heavy (non-hydrogen) atoms. The fourth-order valence-electron chi connectivity index (χ4n) is 1.41. The van der Waals surface area contributed by atoms with Gasteiger partial charge in [-0.3, -0.25) is 4.79 Å². The van der Waals surface area contributed by atoms with Gasteiger partial charge >= 0.3 is 0 Å². The quantitative estimate of drug-likeness (QED) is 0.742. The van der Waals surface area contributed by atoms with E-state index in [1.807, 2.05) is 5.38 Å². The summed E-state index contributed by atoms with van der Waals surface area (Å²) in [5.74, 6) is -0.0965. The molecule has 2 rings (SSSR count). The Morgan fingerprint density at radius 3 is 2.94 bits per heavy atom. The largest absolute Gasteiger partial charge is 0.396 e. The number of nitrogen functional groups attached to an aromatic ring is 1. The van der Waals surface area contributed by atoms with E-state index in [1.165, 1.54) is 6.07 Å². The monoisotopic (exact) mass is 263 g/mol. The Labute approximate surface area is 108 Å². The summed E-state index contributed by atoms with van der Waals surface area (Å²) in [6.07, 6.45) is 2.54. The standard InChI is InChI=1S/C11H13N5OS/c12-7-1-2-8(10(13)17)16-11(7)15-4-3-9-14-5-6-18-9/h1-2,5-6H,3-4,12H2,(H2,13,17)(H,15,16). The number of hydrogen-bond acceptors (Lipinski definition) is 6. The zero-order valence-electron chi connectivity index (χ0n) is 9.59. The number of carbonyl (C=O) groups is 1. The van der Waals surface area contributed by atoms with Crippen LogP contribution in [0.1, 0.15) is 15.5 Å².